The monoisotopic (exact) mass is 257 g/mol. The third-order valence-electron chi connectivity index (χ3n) is 3.30. The van der Waals surface area contributed by atoms with Gasteiger partial charge in [0.1, 0.15) is 0 Å². The smallest absolute Gasteiger partial charge is 0.306 e. The van der Waals surface area contributed by atoms with Gasteiger partial charge in [0.15, 0.2) is 0 Å². The van der Waals surface area contributed by atoms with Gasteiger partial charge in [0.05, 0.1) is 5.92 Å². The molecule has 1 N–H and O–H groups in total. The number of benzene rings is 1. The molecule has 0 amide bonds. The standard InChI is InChI=1S/C16H19NO2/c1-11(2)9-13(16(18)19)10-15-14-6-4-3-5-12(14)7-8-17-15/h3-8,11,13H,9-10H2,1-2H3,(H,18,19). The van der Waals surface area contributed by atoms with Gasteiger partial charge in [0.2, 0.25) is 0 Å². The van der Waals surface area contributed by atoms with Crippen molar-refractivity contribution in [1.29, 1.82) is 0 Å². The van der Waals surface area contributed by atoms with Gasteiger partial charge in [-0.25, -0.2) is 0 Å². The van der Waals surface area contributed by atoms with E-state index in [0.29, 0.717) is 18.8 Å². The molecule has 19 heavy (non-hydrogen) atoms. The molecule has 1 unspecified atom stereocenters. The summed E-state index contributed by atoms with van der Waals surface area (Å²) in [7, 11) is 0. The molecule has 0 fully saturated rings. The lowest BCUT2D eigenvalue weighted by Gasteiger charge is -2.15. The summed E-state index contributed by atoms with van der Waals surface area (Å²) in [4.78, 5) is 15.7. The van der Waals surface area contributed by atoms with Crippen LogP contribution in [0.1, 0.15) is 26.0 Å². The van der Waals surface area contributed by atoms with Gasteiger partial charge in [0.25, 0.3) is 0 Å². The molecule has 1 aromatic heterocycles. The second-order valence-corrected chi connectivity index (χ2v) is 5.35. The second-order valence-electron chi connectivity index (χ2n) is 5.35. The summed E-state index contributed by atoms with van der Waals surface area (Å²) in [5.41, 5.74) is 0.881. The summed E-state index contributed by atoms with van der Waals surface area (Å²) in [5, 5.41) is 11.5. The van der Waals surface area contributed by atoms with Crippen molar-refractivity contribution in [2.75, 3.05) is 0 Å². The molecule has 0 radical (unpaired) electrons. The Bertz CT molecular complexity index is 572. The molecule has 3 heteroatoms. The van der Waals surface area contributed by atoms with Gasteiger partial charge in [-0.1, -0.05) is 38.1 Å². The fraction of sp³-hybridized carbons (Fsp3) is 0.375. The molecule has 0 aliphatic carbocycles. The summed E-state index contributed by atoms with van der Waals surface area (Å²) < 4.78 is 0. The van der Waals surface area contributed by atoms with Gasteiger partial charge in [-0.2, -0.15) is 0 Å². The third-order valence-corrected chi connectivity index (χ3v) is 3.30. The van der Waals surface area contributed by atoms with E-state index in [1.807, 2.05) is 44.2 Å². The van der Waals surface area contributed by atoms with E-state index >= 15 is 0 Å². The van der Waals surface area contributed by atoms with E-state index in [9.17, 15) is 9.90 Å². The molecule has 2 aromatic rings. The van der Waals surface area contributed by atoms with Crippen molar-refractivity contribution in [1.82, 2.24) is 4.98 Å². The minimum absolute atomic E-state index is 0.363. The van der Waals surface area contributed by atoms with E-state index in [-0.39, 0.29) is 5.92 Å². The summed E-state index contributed by atoms with van der Waals surface area (Å²) in [5.74, 6) is -0.724. The molecule has 0 saturated heterocycles. The number of carbonyl (C=O) groups is 1. The van der Waals surface area contributed by atoms with Gasteiger partial charge < -0.3 is 5.11 Å². The molecule has 0 spiro atoms. The average Bonchev–Trinajstić information content (AvgIpc) is 2.37. The van der Waals surface area contributed by atoms with Gasteiger partial charge in [0, 0.05) is 23.7 Å². The van der Waals surface area contributed by atoms with Gasteiger partial charge >= 0.3 is 5.97 Å². The first-order valence-electron chi connectivity index (χ1n) is 6.63. The predicted octanol–water partition coefficient (Wildman–Crippen LogP) is 3.52. The molecule has 1 aromatic carbocycles. The zero-order valence-electron chi connectivity index (χ0n) is 11.3. The van der Waals surface area contributed by atoms with Crippen LogP contribution >= 0.6 is 0 Å². The highest BCUT2D eigenvalue weighted by molar-refractivity contribution is 5.84. The molecule has 0 saturated carbocycles. The number of aliphatic carboxylic acids is 1. The van der Waals surface area contributed by atoms with Crippen molar-refractivity contribution in [3.8, 4) is 0 Å². The molecule has 0 aliphatic rings. The summed E-state index contributed by atoms with van der Waals surface area (Å²) in [6.45, 7) is 4.10. The Morgan fingerprint density at radius 2 is 2.00 bits per heavy atom. The fourth-order valence-corrected chi connectivity index (χ4v) is 2.42. The second kappa shape index (κ2) is 5.83. The summed E-state index contributed by atoms with van der Waals surface area (Å²) in [6.07, 6.45) is 2.93. The Kier molecular flexibility index (Phi) is 4.15. The normalized spacial score (nSPS) is 12.8. The molecule has 3 nitrogen and oxygen atoms in total. The number of hydrogen-bond donors (Lipinski definition) is 1. The summed E-state index contributed by atoms with van der Waals surface area (Å²) >= 11 is 0. The molecule has 2 rings (SSSR count). The first kappa shape index (κ1) is 13.5. The Labute approximate surface area is 113 Å². The van der Waals surface area contributed by atoms with Crippen LogP contribution in [0.2, 0.25) is 0 Å². The number of aromatic nitrogens is 1. The van der Waals surface area contributed by atoms with Crippen molar-refractivity contribution >= 4 is 16.7 Å². The highest BCUT2D eigenvalue weighted by Gasteiger charge is 2.20. The third kappa shape index (κ3) is 3.31. The number of pyridine rings is 1. The number of fused-ring (bicyclic) bond motifs is 1. The van der Waals surface area contributed by atoms with E-state index in [1.54, 1.807) is 6.20 Å². The lowest BCUT2D eigenvalue weighted by molar-refractivity contribution is -0.142. The Morgan fingerprint density at radius 3 is 2.68 bits per heavy atom. The predicted molar refractivity (Wildman–Crippen MR) is 76.0 cm³/mol. The van der Waals surface area contributed by atoms with Crippen LogP contribution in [0, 0.1) is 11.8 Å². The van der Waals surface area contributed by atoms with Crippen LogP contribution in [-0.2, 0) is 11.2 Å². The zero-order chi connectivity index (χ0) is 13.8. The Balaban J connectivity index is 2.31. The first-order chi connectivity index (χ1) is 9.08. The van der Waals surface area contributed by atoms with Crippen molar-refractivity contribution in [2.24, 2.45) is 11.8 Å². The van der Waals surface area contributed by atoms with Crippen molar-refractivity contribution < 1.29 is 9.90 Å². The van der Waals surface area contributed by atoms with Gasteiger partial charge in [-0.05, 0) is 23.8 Å². The first-order valence-corrected chi connectivity index (χ1v) is 6.63. The minimum Gasteiger partial charge on any atom is -0.481 e. The van der Waals surface area contributed by atoms with Crippen LogP contribution in [-0.4, -0.2) is 16.1 Å². The van der Waals surface area contributed by atoms with Crippen molar-refractivity contribution in [3.63, 3.8) is 0 Å². The van der Waals surface area contributed by atoms with E-state index in [1.165, 1.54) is 0 Å². The fourth-order valence-electron chi connectivity index (χ4n) is 2.42. The maximum absolute atomic E-state index is 11.3. The number of rotatable bonds is 5. The minimum atomic E-state index is -0.733. The van der Waals surface area contributed by atoms with Crippen molar-refractivity contribution in [2.45, 2.75) is 26.7 Å². The van der Waals surface area contributed by atoms with E-state index in [0.717, 1.165) is 16.5 Å². The molecular weight excluding hydrogens is 238 g/mol. The van der Waals surface area contributed by atoms with E-state index in [2.05, 4.69) is 4.98 Å². The lowest BCUT2D eigenvalue weighted by Crippen LogP contribution is -2.19. The van der Waals surface area contributed by atoms with Crippen LogP contribution in [0.15, 0.2) is 36.5 Å². The molecule has 1 heterocycles. The van der Waals surface area contributed by atoms with Gasteiger partial charge in [-0.3, -0.25) is 9.78 Å². The van der Waals surface area contributed by atoms with Crippen LogP contribution in [0.3, 0.4) is 0 Å². The average molecular weight is 257 g/mol. The lowest BCUT2D eigenvalue weighted by atomic mass is 9.91. The molecule has 0 aliphatic heterocycles. The van der Waals surface area contributed by atoms with Crippen LogP contribution in [0.25, 0.3) is 10.8 Å². The maximum Gasteiger partial charge on any atom is 0.306 e. The van der Waals surface area contributed by atoms with Crippen molar-refractivity contribution in [3.05, 3.63) is 42.2 Å². The molecule has 0 bridgehead atoms. The van der Waals surface area contributed by atoms with Crippen LogP contribution in [0.4, 0.5) is 0 Å². The zero-order valence-corrected chi connectivity index (χ0v) is 11.3. The van der Waals surface area contributed by atoms with Crippen LogP contribution in [0.5, 0.6) is 0 Å². The van der Waals surface area contributed by atoms with Gasteiger partial charge in [-0.15, -0.1) is 0 Å². The van der Waals surface area contributed by atoms with Crippen LogP contribution < -0.4 is 0 Å². The largest absolute Gasteiger partial charge is 0.481 e. The van der Waals surface area contributed by atoms with E-state index < -0.39 is 5.97 Å². The highest BCUT2D eigenvalue weighted by Crippen LogP contribution is 2.22. The SMILES string of the molecule is CC(C)CC(Cc1nccc2ccccc12)C(=O)O. The highest BCUT2D eigenvalue weighted by atomic mass is 16.4. The Morgan fingerprint density at radius 1 is 1.26 bits per heavy atom. The molecule has 100 valence electrons. The number of hydrogen-bond acceptors (Lipinski definition) is 2. The molecule has 1 atom stereocenters. The topological polar surface area (TPSA) is 50.2 Å². The molecular formula is C16H19NO2. The summed E-state index contributed by atoms with van der Waals surface area (Å²) in [6, 6.07) is 9.93. The maximum atomic E-state index is 11.3. The number of carboxylic acid groups (broad SMARTS) is 1. The number of nitrogens with zero attached hydrogens (tertiary/aromatic N) is 1. The quantitative estimate of drug-likeness (QED) is 0.891. The Hall–Kier alpha value is -1.90. The number of carboxylic acids is 1. The van der Waals surface area contributed by atoms with E-state index in [4.69, 9.17) is 0 Å².